The first-order chi connectivity index (χ1) is 24.5. The summed E-state index contributed by atoms with van der Waals surface area (Å²) in [5.41, 5.74) is 18.8. The van der Waals surface area contributed by atoms with Crippen LogP contribution in [-0.2, 0) is 14.4 Å². The Labute approximate surface area is 299 Å². The Kier molecular flexibility index (Phi) is 13.8. The van der Waals surface area contributed by atoms with E-state index in [0.29, 0.717) is 32.7 Å². The van der Waals surface area contributed by atoms with Gasteiger partial charge in [-0.05, 0) is 74.5 Å². The number of nitrogens with one attached hydrogen (secondary N) is 3. The van der Waals surface area contributed by atoms with Crippen molar-refractivity contribution in [3.05, 3.63) is 83.8 Å². The molecule has 2 aromatic carbocycles. The van der Waals surface area contributed by atoms with Crippen molar-refractivity contribution in [3.8, 4) is 0 Å². The second-order valence-corrected chi connectivity index (χ2v) is 12.6. The standard InChI is InChI=1S/C35H42N10O5S/c1-22(37)33(48)41-18-20-44(19-15-31(46)42-28(14-16-36)32(38)47)35(50)45-29-21-24(51-30-9-4-3-8-26(30)34(49)39-2)11-12-25(29)27(43-45)13-10-23-7-5-6-17-40-23/h3-13,17,21-22,28H,14-16,18-20,36-37H2,1-2H3,(H2,38,47)(H,39,49)(H,41,48)(H,42,46)/b13-10+/t22-,28-/m0/s1. The molecule has 0 aliphatic carbocycles. The first-order valence-electron chi connectivity index (χ1n) is 16.2. The maximum atomic E-state index is 14.3. The van der Waals surface area contributed by atoms with Gasteiger partial charge in [-0.25, -0.2) is 4.79 Å². The van der Waals surface area contributed by atoms with Gasteiger partial charge >= 0.3 is 6.03 Å². The molecule has 9 N–H and O–H groups in total. The Bertz CT molecular complexity index is 1900. The lowest BCUT2D eigenvalue weighted by Crippen LogP contribution is -2.48. The Morgan fingerprint density at radius 1 is 1.02 bits per heavy atom. The molecule has 4 rings (SSSR count). The second-order valence-electron chi connectivity index (χ2n) is 11.4. The SMILES string of the molecule is CNC(=O)c1ccccc1Sc1ccc2c(/C=C/c3ccccn3)nn(C(=O)N(CCNC(=O)[C@H](C)N)CCC(=O)N[C@@H](CCN)C(N)=O)c2c1. The average Bonchev–Trinajstić information content (AvgIpc) is 3.49. The molecule has 16 heteroatoms. The number of fused-ring (bicyclic) bond motifs is 1. The minimum Gasteiger partial charge on any atom is -0.368 e. The number of nitrogens with two attached hydrogens (primary N) is 3. The number of amides is 5. The molecule has 4 aromatic rings. The number of aromatic nitrogens is 3. The van der Waals surface area contributed by atoms with Crippen LogP contribution in [0.2, 0.25) is 0 Å². The van der Waals surface area contributed by atoms with Crippen molar-refractivity contribution in [3.63, 3.8) is 0 Å². The highest BCUT2D eigenvalue weighted by Gasteiger charge is 2.24. The molecule has 51 heavy (non-hydrogen) atoms. The normalized spacial score (nSPS) is 12.3. The largest absolute Gasteiger partial charge is 0.368 e. The van der Waals surface area contributed by atoms with Crippen LogP contribution in [0.4, 0.5) is 4.79 Å². The highest BCUT2D eigenvalue weighted by molar-refractivity contribution is 7.99. The number of nitrogens with zero attached hydrogens (tertiary/aromatic N) is 4. The van der Waals surface area contributed by atoms with Crippen molar-refractivity contribution in [2.75, 3.05) is 33.2 Å². The molecule has 5 amide bonds. The predicted octanol–water partition coefficient (Wildman–Crippen LogP) is 1.56. The highest BCUT2D eigenvalue weighted by Crippen LogP contribution is 2.33. The molecule has 0 saturated heterocycles. The maximum Gasteiger partial charge on any atom is 0.345 e. The van der Waals surface area contributed by atoms with E-state index in [2.05, 4.69) is 26.0 Å². The molecule has 268 valence electrons. The minimum absolute atomic E-state index is 0.0149. The summed E-state index contributed by atoms with van der Waals surface area (Å²) in [6.07, 6.45) is 5.19. The number of carbonyl (C=O) groups is 5. The number of rotatable bonds is 16. The lowest BCUT2D eigenvalue weighted by molar-refractivity contribution is -0.127. The van der Waals surface area contributed by atoms with Gasteiger partial charge in [0.25, 0.3) is 5.91 Å². The summed E-state index contributed by atoms with van der Waals surface area (Å²) >= 11 is 1.35. The van der Waals surface area contributed by atoms with Gasteiger partial charge in [-0.15, -0.1) is 0 Å². The summed E-state index contributed by atoms with van der Waals surface area (Å²) < 4.78 is 1.24. The van der Waals surface area contributed by atoms with Crippen molar-refractivity contribution in [2.24, 2.45) is 17.2 Å². The third-order valence-electron chi connectivity index (χ3n) is 7.66. The number of hydrogen-bond donors (Lipinski definition) is 6. The van der Waals surface area contributed by atoms with E-state index in [9.17, 15) is 24.0 Å². The van der Waals surface area contributed by atoms with Crippen molar-refractivity contribution < 1.29 is 24.0 Å². The Morgan fingerprint density at radius 2 is 1.78 bits per heavy atom. The number of pyridine rings is 1. The van der Waals surface area contributed by atoms with Crippen molar-refractivity contribution in [1.29, 1.82) is 0 Å². The van der Waals surface area contributed by atoms with E-state index in [1.54, 1.807) is 49.7 Å². The van der Waals surface area contributed by atoms with Gasteiger partial charge in [-0.1, -0.05) is 30.0 Å². The molecule has 0 fully saturated rings. The van der Waals surface area contributed by atoms with E-state index < -0.39 is 35.8 Å². The van der Waals surface area contributed by atoms with E-state index >= 15 is 0 Å². The number of primary amides is 1. The molecule has 0 radical (unpaired) electrons. The number of benzene rings is 2. The van der Waals surface area contributed by atoms with Crippen LogP contribution in [0.3, 0.4) is 0 Å². The van der Waals surface area contributed by atoms with Crippen LogP contribution in [0, 0.1) is 0 Å². The van der Waals surface area contributed by atoms with E-state index in [1.807, 2.05) is 36.4 Å². The van der Waals surface area contributed by atoms with E-state index in [0.717, 1.165) is 4.90 Å². The van der Waals surface area contributed by atoms with Crippen LogP contribution < -0.4 is 33.2 Å². The minimum atomic E-state index is -0.954. The van der Waals surface area contributed by atoms with Crippen molar-refractivity contribution in [1.82, 2.24) is 35.6 Å². The molecule has 0 unspecified atom stereocenters. The third-order valence-corrected chi connectivity index (χ3v) is 8.72. The summed E-state index contributed by atoms with van der Waals surface area (Å²) in [5, 5.41) is 13.3. The zero-order valence-corrected chi connectivity index (χ0v) is 29.2. The zero-order chi connectivity index (χ0) is 36.9. The Hall–Kier alpha value is -5.58. The molecule has 2 atom stereocenters. The van der Waals surface area contributed by atoms with Gasteiger partial charge in [0.1, 0.15) is 6.04 Å². The summed E-state index contributed by atoms with van der Waals surface area (Å²) in [4.78, 5) is 70.9. The lowest BCUT2D eigenvalue weighted by atomic mass is 10.2. The number of carbonyl (C=O) groups excluding carboxylic acids is 5. The van der Waals surface area contributed by atoms with Gasteiger partial charge in [0.15, 0.2) is 0 Å². The van der Waals surface area contributed by atoms with Crippen LogP contribution in [0.15, 0.2) is 76.7 Å². The van der Waals surface area contributed by atoms with Crippen LogP contribution >= 0.6 is 11.8 Å². The third kappa shape index (κ3) is 10.5. The monoisotopic (exact) mass is 714 g/mol. The summed E-state index contributed by atoms with van der Waals surface area (Å²) in [7, 11) is 1.56. The molecular formula is C35H42N10O5S. The predicted molar refractivity (Wildman–Crippen MR) is 195 cm³/mol. The van der Waals surface area contributed by atoms with Gasteiger partial charge in [-0.2, -0.15) is 9.78 Å². The molecular weight excluding hydrogens is 673 g/mol. The average molecular weight is 715 g/mol. The van der Waals surface area contributed by atoms with Crippen LogP contribution in [0.25, 0.3) is 23.1 Å². The Morgan fingerprint density at radius 3 is 2.47 bits per heavy atom. The molecule has 0 aliphatic heterocycles. The molecule has 2 heterocycles. The van der Waals surface area contributed by atoms with Gasteiger partial charge in [0.2, 0.25) is 17.7 Å². The smallest absolute Gasteiger partial charge is 0.345 e. The van der Waals surface area contributed by atoms with Gasteiger partial charge in [0.05, 0.1) is 28.5 Å². The van der Waals surface area contributed by atoms with Gasteiger partial charge < -0.3 is 38.1 Å². The molecule has 0 saturated carbocycles. The fourth-order valence-electron chi connectivity index (χ4n) is 4.96. The van der Waals surface area contributed by atoms with Crippen LogP contribution in [-0.4, -0.2) is 94.6 Å². The van der Waals surface area contributed by atoms with Gasteiger partial charge in [0, 0.05) is 54.5 Å². The van der Waals surface area contributed by atoms with E-state index in [1.165, 1.54) is 28.3 Å². The van der Waals surface area contributed by atoms with Gasteiger partial charge in [-0.3, -0.25) is 24.2 Å². The maximum absolute atomic E-state index is 14.3. The first kappa shape index (κ1) is 38.2. The number of hydrogen-bond acceptors (Lipinski definition) is 10. The van der Waals surface area contributed by atoms with Crippen molar-refractivity contribution in [2.45, 2.75) is 41.6 Å². The highest BCUT2D eigenvalue weighted by atomic mass is 32.2. The molecule has 2 aromatic heterocycles. The quantitative estimate of drug-likeness (QED) is 0.0980. The second kappa shape index (κ2) is 18.4. The summed E-state index contributed by atoms with van der Waals surface area (Å²) in [6, 6.07) is 15.9. The summed E-state index contributed by atoms with van der Waals surface area (Å²) in [5.74, 6) is -1.87. The Balaban J connectivity index is 1.72. The van der Waals surface area contributed by atoms with Crippen LogP contribution in [0.5, 0.6) is 0 Å². The topological polar surface area (TPSA) is 233 Å². The fourth-order valence-corrected chi connectivity index (χ4v) is 5.94. The zero-order valence-electron chi connectivity index (χ0n) is 28.4. The lowest BCUT2D eigenvalue weighted by Gasteiger charge is -2.23. The molecule has 0 spiro atoms. The fraction of sp³-hybridized carbons (Fsp3) is 0.286. The molecule has 0 bridgehead atoms. The van der Waals surface area contributed by atoms with Crippen LogP contribution in [0.1, 0.15) is 41.5 Å². The molecule has 0 aliphatic rings. The first-order valence-corrected chi connectivity index (χ1v) is 17.1. The van der Waals surface area contributed by atoms with Crippen molar-refractivity contribution >= 4 is 64.5 Å². The van der Waals surface area contributed by atoms with E-state index in [-0.39, 0.29) is 44.9 Å². The molecule has 15 nitrogen and oxygen atoms in total. The summed E-state index contributed by atoms with van der Waals surface area (Å²) in [6.45, 7) is 1.66. The van der Waals surface area contributed by atoms with E-state index in [4.69, 9.17) is 17.2 Å².